The number of para-hydroxylation sites is 1. The van der Waals surface area contributed by atoms with Crippen molar-refractivity contribution in [2.24, 2.45) is 0 Å². The SMILES string of the molecule is CC(=O)Nc1cccc(C(C)N(Cc2ccccc2)C(=O)c2cc3ccccc3o2)c1. The second kappa shape index (κ2) is 8.88. The van der Waals surface area contributed by atoms with Crippen LogP contribution in [-0.2, 0) is 11.3 Å². The fourth-order valence-corrected chi connectivity index (χ4v) is 3.65. The molecule has 1 heterocycles. The predicted molar refractivity (Wildman–Crippen MR) is 122 cm³/mol. The minimum atomic E-state index is -0.241. The van der Waals surface area contributed by atoms with E-state index >= 15 is 0 Å². The fraction of sp³-hybridized carbons (Fsp3) is 0.154. The highest BCUT2D eigenvalue weighted by Crippen LogP contribution is 2.28. The molecule has 1 atom stereocenters. The Hall–Kier alpha value is -3.86. The number of carbonyl (C=O) groups is 2. The number of hydrogen-bond acceptors (Lipinski definition) is 3. The fourth-order valence-electron chi connectivity index (χ4n) is 3.65. The molecular weight excluding hydrogens is 388 g/mol. The minimum Gasteiger partial charge on any atom is -0.451 e. The summed E-state index contributed by atoms with van der Waals surface area (Å²) in [6.45, 7) is 3.89. The average Bonchev–Trinajstić information content (AvgIpc) is 3.21. The number of furan rings is 1. The molecule has 5 heteroatoms. The van der Waals surface area contributed by atoms with Crippen LogP contribution in [0.15, 0.2) is 89.3 Å². The Kier molecular flexibility index (Phi) is 5.85. The molecule has 2 amide bonds. The molecule has 1 aromatic heterocycles. The van der Waals surface area contributed by atoms with Crippen LogP contribution in [0.5, 0.6) is 0 Å². The summed E-state index contributed by atoms with van der Waals surface area (Å²) in [7, 11) is 0. The van der Waals surface area contributed by atoms with Gasteiger partial charge in [0.2, 0.25) is 5.91 Å². The van der Waals surface area contributed by atoms with Crippen molar-refractivity contribution in [1.82, 2.24) is 4.90 Å². The van der Waals surface area contributed by atoms with Gasteiger partial charge in [0.05, 0.1) is 6.04 Å². The Morgan fingerprint density at radius 2 is 1.68 bits per heavy atom. The summed E-state index contributed by atoms with van der Waals surface area (Å²) in [4.78, 5) is 26.8. The molecule has 0 saturated carbocycles. The molecule has 5 nitrogen and oxygen atoms in total. The smallest absolute Gasteiger partial charge is 0.290 e. The zero-order valence-corrected chi connectivity index (χ0v) is 17.5. The Bertz CT molecular complexity index is 1180. The molecule has 0 aliphatic rings. The highest BCUT2D eigenvalue weighted by atomic mass is 16.3. The van der Waals surface area contributed by atoms with E-state index in [2.05, 4.69) is 5.32 Å². The number of benzene rings is 3. The first-order chi connectivity index (χ1) is 15.0. The van der Waals surface area contributed by atoms with Gasteiger partial charge in [0, 0.05) is 24.5 Å². The number of anilines is 1. The number of fused-ring (bicyclic) bond motifs is 1. The Morgan fingerprint density at radius 1 is 0.935 bits per heavy atom. The van der Waals surface area contributed by atoms with Crippen molar-refractivity contribution >= 4 is 28.5 Å². The average molecular weight is 412 g/mol. The summed E-state index contributed by atoms with van der Waals surface area (Å²) < 4.78 is 5.86. The number of carbonyl (C=O) groups excluding carboxylic acids is 2. The maximum Gasteiger partial charge on any atom is 0.290 e. The van der Waals surface area contributed by atoms with E-state index in [0.717, 1.165) is 16.5 Å². The van der Waals surface area contributed by atoms with Gasteiger partial charge in [0.15, 0.2) is 5.76 Å². The minimum absolute atomic E-state index is 0.135. The maximum absolute atomic E-state index is 13.6. The van der Waals surface area contributed by atoms with Crippen LogP contribution in [0.1, 0.15) is 41.6 Å². The van der Waals surface area contributed by atoms with Crippen LogP contribution in [0, 0.1) is 0 Å². The molecule has 1 N–H and O–H groups in total. The molecule has 1 unspecified atom stereocenters. The zero-order chi connectivity index (χ0) is 21.8. The number of nitrogens with one attached hydrogen (secondary N) is 1. The van der Waals surface area contributed by atoms with E-state index in [1.54, 1.807) is 11.0 Å². The van der Waals surface area contributed by atoms with Crippen LogP contribution in [0.25, 0.3) is 11.0 Å². The Morgan fingerprint density at radius 3 is 2.42 bits per heavy atom. The molecule has 0 fully saturated rings. The number of rotatable bonds is 6. The van der Waals surface area contributed by atoms with E-state index in [1.165, 1.54) is 6.92 Å². The molecule has 0 radical (unpaired) electrons. The van der Waals surface area contributed by atoms with Crippen molar-refractivity contribution in [3.05, 3.63) is 102 Å². The monoisotopic (exact) mass is 412 g/mol. The van der Waals surface area contributed by atoms with Crippen LogP contribution in [0.2, 0.25) is 0 Å². The molecule has 0 aliphatic heterocycles. The standard InChI is InChI=1S/C26H24N2O3/c1-18(21-12-8-13-23(15-21)27-19(2)29)28(17-20-9-4-3-5-10-20)26(30)25-16-22-11-6-7-14-24(22)31-25/h3-16,18H,17H2,1-2H3,(H,27,29). The Labute approximate surface area is 181 Å². The number of hydrogen-bond donors (Lipinski definition) is 1. The zero-order valence-electron chi connectivity index (χ0n) is 17.5. The van der Waals surface area contributed by atoms with Gasteiger partial charge in [-0.25, -0.2) is 0 Å². The molecule has 4 aromatic rings. The molecule has 0 saturated heterocycles. The molecule has 0 aliphatic carbocycles. The lowest BCUT2D eigenvalue weighted by Crippen LogP contribution is -2.33. The van der Waals surface area contributed by atoms with E-state index in [1.807, 2.05) is 85.8 Å². The van der Waals surface area contributed by atoms with Gasteiger partial charge in [-0.3, -0.25) is 9.59 Å². The first-order valence-corrected chi connectivity index (χ1v) is 10.2. The molecular formula is C26H24N2O3. The maximum atomic E-state index is 13.6. The summed E-state index contributed by atoms with van der Waals surface area (Å²) in [6, 6.07) is 26.6. The third-order valence-corrected chi connectivity index (χ3v) is 5.25. The molecule has 31 heavy (non-hydrogen) atoms. The van der Waals surface area contributed by atoms with Crippen LogP contribution < -0.4 is 5.32 Å². The number of amides is 2. The van der Waals surface area contributed by atoms with Gasteiger partial charge in [0.25, 0.3) is 5.91 Å². The largest absolute Gasteiger partial charge is 0.451 e. The topological polar surface area (TPSA) is 62.6 Å². The quantitative estimate of drug-likeness (QED) is 0.436. The first-order valence-electron chi connectivity index (χ1n) is 10.2. The van der Waals surface area contributed by atoms with Gasteiger partial charge in [-0.15, -0.1) is 0 Å². The van der Waals surface area contributed by atoms with Gasteiger partial charge in [-0.05, 0) is 42.3 Å². The molecule has 0 spiro atoms. The van der Waals surface area contributed by atoms with Crippen molar-refractivity contribution in [1.29, 1.82) is 0 Å². The lowest BCUT2D eigenvalue weighted by Gasteiger charge is -2.29. The third-order valence-electron chi connectivity index (χ3n) is 5.25. The van der Waals surface area contributed by atoms with Crippen molar-refractivity contribution < 1.29 is 14.0 Å². The van der Waals surface area contributed by atoms with Crippen LogP contribution >= 0.6 is 0 Å². The summed E-state index contributed by atoms with van der Waals surface area (Å²) in [6.07, 6.45) is 0. The van der Waals surface area contributed by atoms with Crippen molar-refractivity contribution in [2.45, 2.75) is 26.4 Å². The lowest BCUT2D eigenvalue weighted by atomic mass is 10.0. The van der Waals surface area contributed by atoms with Crippen LogP contribution in [0.4, 0.5) is 5.69 Å². The second-order valence-electron chi connectivity index (χ2n) is 7.55. The second-order valence-corrected chi connectivity index (χ2v) is 7.55. The first kappa shape index (κ1) is 20.4. The summed E-state index contributed by atoms with van der Waals surface area (Å²) in [5, 5.41) is 3.70. The van der Waals surface area contributed by atoms with E-state index in [9.17, 15) is 9.59 Å². The normalized spacial score (nSPS) is 11.8. The predicted octanol–water partition coefficient (Wildman–Crippen LogP) is 5.79. The van der Waals surface area contributed by atoms with E-state index in [-0.39, 0.29) is 17.9 Å². The van der Waals surface area contributed by atoms with Gasteiger partial charge in [0.1, 0.15) is 5.58 Å². The summed E-state index contributed by atoms with van der Waals surface area (Å²) >= 11 is 0. The van der Waals surface area contributed by atoms with E-state index < -0.39 is 0 Å². The van der Waals surface area contributed by atoms with Crippen LogP contribution in [-0.4, -0.2) is 16.7 Å². The van der Waals surface area contributed by atoms with Crippen LogP contribution in [0.3, 0.4) is 0 Å². The van der Waals surface area contributed by atoms with E-state index in [0.29, 0.717) is 23.6 Å². The molecule has 3 aromatic carbocycles. The molecule has 0 bridgehead atoms. The van der Waals surface area contributed by atoms with Gasteiger partial charge in [-0.2, -0.15) is 0 Å². The third kappa shape index (κ3) is 4.67. The van der Waals surface area contributed by atoms with Crippen molar-refractivity contribution in [2.75, 3.05) is 5.32 Å². The Balaban J connectivity index is 1.69. The summed E-state index contributed by atoms with van der Waals surface area (Å²) in [5.41, 5.74) is 3.34. The highest BCUT2D eigenvalue weighted by Gasteiger charge is 2.26. The van der Waals surface area contributed by atoms with Crippen molar-refractivity contribution in [3.8, 4) is 0 Å². The van der Waals surface area contributed by atoms with Gasteiger partial charge >= 0.3 is 0 Å². The van der Waals surface area contributed by atoms with Gasteiger partial charge < -0.3 is 14.6 Å². The van der Waals surface area contributed by atoms with E-state index in [4.69, 9.17) is 4.42 Å². The molecule has 4 rings (SSSR count). The summed E-state index contributed by atoms with van der Waals surface area (Å²) in [5.74, 6) is -0.0104. The lowest BCUT2D eigenvalue weighted by molar-refractivity contribution is -0.114. The molecule has 156 valence electrons. The van der Waals surface area contributed by atoms with Gasteiger partial charge in [-0.1, -0.05) is 60.7 Å². The highest BCUT2D eigenvalue weighted by molar-refractivity contribution is 5.96. The van der Waals surface area contributed by atoms with Crippen molar-refractivity contribution in [3.63, 3.8) is 0 Å². The number of nitrogens with zero attached hydrogens (tertiary/aromatic N) is 1.